The molecule has 0 aliphatic heterocycles. The Morgan fingerprint density at radius 2 is 1.72 bits per heavy atom. The van der Waals surface area contributed by atoms with Crippen LogP contribution in [-0.4, -0.2) is 9.61 Å². The predicted octanol–water partition coefficient (Wildman–Crippen LogP) is 1.93. The molecule has 98 valence electrons. The Morgan fingerprint density at radius 1 is 1.11 bits per heavy atom. The second kappa shape index (κ2) is 3.70. The summed E-state index contributed by atoms with van der Waals surface area (Å²) in [5.74, 6) is 5.97. The summed E-state index contributed by atoms with van der Waals surface area (Å²) in [7, 11) is 0. The Labute approximate surface area is 108 Å². The van der Waals surface area contributed by atoms with Gasteiger partial charge in [0.1, 0.15) is 6.20 Å². The lowest BCUT2D eigenvalue weighted by Crippen LogP contribution is -2.44. The molecule has 0 amide bonds. The van der Waals surface area contributed by atoms with Crippen molar-refractivity contribution in [2.45, 2.75) is 52.4 Å². The van der Waals surface area contributed by atoms with Gasteiger partial charge < -0.3 is 0 Å². The summed E-state index contributed by atoms with van der Waals surface area (Å²) in [5, 5.41) is 4.32. The zero-order chi connectivity index (χ0) is 13.7. The molecule has 2 rings (SSSR count). The zero-order valence-electron chi connectivity index (χ0n) is 12.2. The third kappa shape index (κ3) is 2.07. The van der Waals surface area contributed by atoms with Crippen molar-refractivity contribution in [3.8, 4) is 0 Å². The number of fused-ring (bicyclic) bond motifs is 1. The van der Waals surface area contributed by atoms with Crippen molar-refractivity contribution in [1.29, 1.82) is 0 Å². The fourth-order valence-electron chi connectivity index (χ4n) is 2.05. The monoisotopic (exact) mass is 247 g/mol. The van der Waals surface area contributed by atoms with E-state index in [1.165, 1.54) is 11.1 Å². The minimum atomic E-state index is 0.0314. The lowest BCUT2D eigenvalue weighted by Gasteiger charge is -2.23. The molecule has 0 radical (unpaired) electrons. The molecular formula is C14H23N4+. The minimum Gasteiger partial charge on any atom is -0.289 e. The van der Waals surface area contributed by atoms with Crippen molar-refractivity contribution in [2.24, 2.45) is 0 Å². The van der Waals surface area contributed by atoms with Gasteiger partial charge >= 0.3 is 0 Å². The van der Waals surface area contributed by atoms with Crippen molar-refractivity contribution in [1.82, 2.24) is 9.61 Å². The van der Waals surface area contributed by atoms with Crippen LogP contribution in [0.15, 0.2) is 18.6 Å². The number of nitrogen functional groups attached to an aromatic ring is 1. The summed E-state index contributed by atoms with van der Waals surface area (Å²) >= 11 is 0. The van der Waals surface area contributed by atoms with Crippen LogP contribution >= 0.6 is 0 Å². The summed E-state index contributed by atoms with van der Waals surface area (Å²) in [6.07, 6.45) is 3.71. The van der Waals surface area contributed by atoms with Gasteiger partial charge in [0.25, 0.3) is 12.0 Å². The number of hydrogen-bond donors (Lipinski definition) is 1. The molecule has 0 aromatic carbocycles. The first kappa shape index (κ1) is 12.9. The van der Waals surface area contributed by atoms with Crippen molar-refractivity contribution in [3.05, 3.63) is 29.7 Å². The SMILES string of the molecule is CC(C)(C)c1cc(C(C)(C)C)c2n(c1)nc[n+]2N. The van der Waals surface area contributed by atoms with E-state index < -0.39 is 0 Å². The van der Waals surface area contributed by atoms with Crippen molar-refractivity contribution in [3.63, 3.8) is 0 Å². The molecule has 0 bridgehead atoms. The van der Waals surface area contributed by atoms with E-state index >= 15 is 0 Å². The average molecular weight is 247 g/mol. The van der Waals surface area contributed by atoms with E-state index in [9.17, 15) is 0 Å². The maximum atomic E-state index is 5.97. The van der Waals surface area contributed by atoms with Gasteiger partial charge in [0.2, 0.25) is 0 Å². The highest BCUT2D eigenvalue weighted by molar-refractivity contribution is 5.49. The molecule has 0 saturated carbocycles. The van der Waals surface area contributed by atoms with Gasteiger partial charge in [-0.1, -0.05) is 46.1 Å². The van der Waals surface area contributed by atoms with E-state index in [0.717, 1.165) is 5.65 Å². The molecule has 0 unspecified atom stereocenters. The second-order valence-corrected chi connectivity index (χ2v) is 6.95. The minimum absolute atomic E-state index is 0.0314. The van der Waals surface area contributed by atoms with Gasteiger partial charge in [0.15, 0.2) is 0 Å². The van der Waals surface area contributed by atoms with Gasteiger partial charge in [-0.15, -0.1) is 4.68 Å². The molecule has 4 heteroatoms. The third-order valence-corrected chi connectivity index (χ3v) is 3.24. The van der Waals surface area contributed by atoms with E-state index in [0.29, 0.717) is 0 Å². The fourth-order valence-corrected chi connectivity index (χ4v) is 2.05. The Bertz CT molecular complexity index is 582. The van der Waals surface area contributed by atoms with E-state index in [4.69, 9.17) is 5.84 Å². The number of rotatable bonds is 0. The summed E-state index contributed by atoms with van der Waals surface area (Å²) < 4.78 is 3.47. The van der Waals surface area contributed by atoms with Gasteiger partial charge in [-0.2, -0.15) is 0 Å². The Kier molecular flexibility index (Phi) is 2.65. The maximum absolute atomic E-state index is 5.97. The van der Waals surface area contributed by atoms with E-state index in [2.05, 4.69) is 58.9 Å². The van der Waals surface area contributed by atoms with E-state index in [1.807, 2.05) is 4.52 Å². The van der Waals surface area contributed by atoms with Crippen LogP contribution in [0.2, 0.25) is 0 Å². The van der Waals surface area contributed by atoms with Crippen molar-refractivity contribution >= 4 is 5.65 Å². The number of aromatic nitrogens is 3. The van der Waals surface area contributed by atoms with Gasteiger partial charge in [0, 0.05) is 10.7 Å². The van der Waals surface area contributed by atoms with Crippen LogP contribution in [0.1, 0.15) is 52.7 Å². The Morgan fingerprint density at radius 3 is 2.22 bits per heavy atom. The third-order valence-electron chi connectivity index (χ3n) is 3.24. The smallest absolute Gasteiger partial charge is 0.289 e. The molecule has 0 aliphatic rings. The van der Waals surface area contributed by atoms with E-state index in [1.54, 1.807) is 11.0 Å². The van der Waals surface area contributed by atoms with Crippen LogP contribution in [0, 0.1) is 0 Å². The fraction of sp³-hybridized carbons (Fsp3) is 0.571. The standard InChI is InChI=1S/C14H23N4/c1-13(2,3)10-7-11(14(4,5)6)12-17(15)9-16-18(12)8-10/h7-9H,15H2,1-6H3/q+1. The van der Waals surface area contributed by atoms with Gasteiger partial charge in [-0.25, -0.2) is 0 Å². The van der Waals surface area contributed by atoms with E-state index in [-0.39, 0.29) is 10.8 Å². The molecule has 0 saturated heterocycles. The van der Waals surface area contributed by atoms with Gasteiger partial charge in [-0.3, -0.25) is 5.84 Å². The molecule has 2 N–H and O–H groups in total. The summed E-state index contributed by atoms with van der Waals surface area (Å²) in [6, 6.07) is 2.25. The highest BCUT2D eigenvalue weighted by Crippen LogP contribution is 2.30. The molecule has 0 atom stereocenters. The Hall–Kier alpha value is -1.58. The maximum Gasteiger partial charge on any atom is 0.290 e. The molecule has 2 aromatic rings. The highest BCUT2D eigenvalue weighted by Gasteiger charge is 2.28. The highest BCUT2D eigenvalue weighted by atomic mass is 15.4. The molecule has 0 aliphatic carbocycles. The average Bonchev–Trinajstić information content (AvgIpc) is 2.56. The molecular weight excluding hydrogens is 224 g/mol. The predicted molar refractivity (Wildman–Crippen MR) is 72.9 cm³/mol. The lowest BCUT2D eigenvalue weighted by atomic mass is 9.82. The molecule has 2 aromatic heterocycles. The molecule has 0 fully saturated rings. The van der Waals surface area contributed by atoms with Crippen molar-refractivity contribution in [2.75, 3.05) is 5.84 Å². The number of pyridine rings is 1. The quantitative estimate of drug-likeness (QED) is 0.571. The van der Waals surface area contributed by atoms with Gasteiger partial charge in [0.05, 0.1) is 0 Å². The first-order chi connectivity index (χ1) is 8.10. The molecule has 2 heterocycles. The molecule has 0 spiro atoms. The van der Waals surface area contributed by atoms with Crippen LogP contribution in [0.5, 0.6) is 0 Å². The second-order valence-electron chi connectivity index (χ2n) is 6.95. The largest absolute Gasteiger partial charge is 0.290 e. The molecule has 4 nitrogen and oxygen atoms in total. The van der Waals surface area contributed by atoms with Crippen LogP contribution in [0.4, 0.5) is 0 Å². The number of nitrogens with zero attached hydrogens (tertiary/aromatic N) is 3. The normalized spacial score (nSPS) is 13.2. The first-order valence-electron chi connectivity index (χ1n) is 6.30. The number of hydrogen-bond acceptors (Lipinski definition) is 2. The summed E-state index contributed by atoms with van der Waals surface area (Å²) in [4.78, 5) is 0. The van der Waals surface area contributed by atoms with Crippen LogP contribution in [0.3, 0.4) is 0 Å². The zero-order valence-corrected chi connectivity index (χ0v) is 12.2. The van der Waals surface area contributed by atoms with Gasteiger partial charge in [-0.05, 0) is 22.5 Å². The van der Waals surface area contributed by atoms with Crippen LogP contribution < -0.4 is 10.5 Å². The van der Waals surface area contributed by atoms with Crippen LogP contribution in [-0.2, 0) is 10.8 Å². The lowest BCUT2D eigenvalue weighted by molar-refractivity contribution is -0.613. The summed E-state index contributed by atoms with van der Waals surface area (Å²) in [5.41, 5.74) is 3.57. The number of nitrogens with two attached hydrogens (primary N) is 1. The topological polar surface area (TPSA) is 47.2 Å². The van der Waals surface area contributed by atoms with Crippen LogP contribution in [0.25, 0.3) is 5.65 Å². The summed E-state index contributed by atoms with van der Waals surface area (Å²) in [6.45, 7) is 13.2. The van der Waals surface area contributed by atoms with Crippen molar-refractivity contribution < 1.29 is 4.68 Å². The Balaban J connectivity index is 2.83. The first-order valence-corrected chi connectivity index (χ1v) is 6.30. The molecule has 18 heavy (non-hydrogen) atoms.